The Hall–Kier alpha value is -3.92. The molecular weight excluding hydrogens is 505 g/mol. The smallest absolute Gasteiger partial charge is 0.414 e. The number of ether oxygens (including phenoxy) is 1. The Morgan fingerprint density at radius 1 is 0.974 bits per heavy atom. The summed E-state index contributed by atoms with van der Waals surface area (Å²) in [5, 5.41) is 29.2. The zero-order valence-electron chi connectivity index (χ0n) is 23.5. The first kappa shape index (κ1) is 31.3. The van der Waals surface area contributed by atoms with E-state index < -0.39 is 11.9 Å². The molecule has 0 saturated carbocycles. The van der Waals surface area contributed by atoms with Gasteiger partial charge in [0.15, 0.2) is 0 Å². The number of nitrogens with zero attached hydrogens (tertiary/aromatic N) is 2. The lowest BCUT2D eigenvalue weighted by atomic mass is 9.78. The number of rotatable bonds is 7. The number of imidazole rings is 1. The molecule has 9 nitrogen and oxygen atoms in total. The Morgan fingerprint density at radius 2 is 1.49 bits per heavy atom. The number of halogens is 1. The van der Waals surface area contributed by atoms with Crippen molar-refractivity contribution in [3.63, 3.8) is 0 Å². The molecule has 0 fully saturated rings. The van der Waals surface area contributed by atoms with E-state index in [9.17, 15) is 9.50 Å². The highest BCUT2D eigenvalue weighted by Gasteiger charge is 2.26. The van der Waals surface area contributed by atoms with Gasteiger partial charge in [-0.2, -0.15) is 0 Å². The normalized spacial score (nSPS) is 11.5. The zero-order valence-corrected chi connectivity index (χ0v) is 23.5. The number of hydrogen-bond donors (Lipinski definition) is 4. The van der Waals surface area contributed by atoms with Gasteiger partial charge < -0.3 is 29.9 Å². The Balaban J connectivity index is 0.000000798. The molecule has 3 rings (SSSR count). The third-order valence-electron chi connectivity index (χ3n) is 5.93. The molecule has 4 N–H and O–H groups in total. The van der Waals surface area contributed by atoms with Crippen LogP contribution >= 0.6 is 0 Å². The number of methoxy groups -OCH3 is 1. The van der Waals surface area contributed by atoms with Crippen molar-refractivity contribution in [3.8, 4) is 17.0 Å². The maximum Gasteiger partial charge on any atom is 0.414 e. The number of aromatic nitrogens is 2. The van der Waals surface area contributed by atoms with E-state index in [0.29, 0.717) is 31.4 Å². The van der Waals surface area contributed by atoms with Crippen LogP contribution in [0.2, 0.25) is 0 Å². The van der Waals surface area contributed by atoms with Gasteiger partial charge in [-0.15, -0.1) is 0 Å². The Morgan fingerprint density at radius 3 is 1.92 bits per heavy atom. The lowest BCUT2D eigenvalue weighted by molar-refractivity contribution is -0.159. The largest absolute Gasteiger partial charge is 0.507 e. The maximum atomic E-state index is 13.4. The van der Waals surface area contributed by atoms with Crippen LogP contribution in [0.4, 0.5) is 10.3 Å². The highest BCUT2D eigenvalue weighted by atomic mass is 19.1. The number of benzene rings is 2. The molecular formula is C29H38FN3O6. The summed E-state index contributed by atoms with van der Waals surface area (Å²) in [7, 11) is 1.67. The van der Waals surface area contributed by atoms with E-state index in [2.05, 4.69) is 64.0 Å². The van der Waals surface area contributed by atoms with Crippen molar-refractivity contribution in [2.75, 3.05) is 19.0 Å². The summed E-state index contributed by atoms with van der Waals surface area (Å²) in [5.74, 6) is -2.82. The minimum absolute atomic E-state index is 0.188. The van der Waals surface area contributed by atoms with Crippen molar-refractivity contribution < 1.29 is 34.0 Å². The average Bonchev–Trinajstić information content (AvgIpc) is 3.24. The minimum Gasteiger partial charge on any atom is -0.507 e. The van der Waals surface area contributed by atoms with E-state index in [1.54, 1.807) is 25.4 Å². The predicted octanol–water partition coefficient (Wildman–Crippen LogP) is 5.40. The van der Waals surface area contributed by atoms with E-state index >= 15 is 0 Å². The van der Waals surface area contributed by atoms with E-state index in [-0.39, 0.29) is 16.6 Å². The fraction of sp³-hybridized carbons (Fsp3) is 0.414. The molecule has 1 heterocycles. The Kier molecular flexibility index (Phi) is 10.2. The van der Waals surface area contributed by atoms with Crippen molar-refractivity contribution in [1.29, 1.82) is 0 Å². The van der Waals surface area contributed by atoms with Gasteiger partial charge in [0, 0.05) is 25.8 Å². The van der Waals surface area contributed by atoms with Crippen LogP contribution in [0.1, 0.15) is 58.2 Å². The number of phenolic OH excluding ortho intramolecular Hbond substituents is 1. The minimum atomic E-state index is -1.82. The number of carbonyl (C=O) groups is 2. The van der Waals surface area contributed by atoms with Crippen molar-refractivity contribution >= 4 is 17.9 Å². The number of aliphatic carboxylic acids is 2. The SMILES string of the molecule is COCCn1c(-c2ccc(F)cc2)cnc1NCc1cc(C(C)(C)C)c(O)c(C(C)(C)C)c1.O=C(O)C(=O)O. The van der Waals surface area contributed by atoms with Crippen LogP contribution in [0.5, 0.6) is 5.75 Å². The second-order valence-electron chi connectivity index (χ2n) is 11.1. The summed E-state index contributed by atoms with van der Waals surface area (Å²) in [6.07, 6.45) is 1.79. The van der Waals surface area contributed by atoms with Crippen LogP contribution in [0.3, 0.4) is 0 Å². The zero-order chi connectivity index (χ0) is 29.5. The molecule has 212 valence electrons. The van der Waals surface area contributed by atoms with Gasteiger partial charge >= 0.3 is 11.9 Å². The average molecular weight is 544 g/mol. The standard InChI is InChI=1S/C27H36FN3O2.C2H2O4/c1-26(2,3)21-14-18(15-22(24(21)32)27(4,5)6)16-29-25-30-17-23(31(25)12-13-33-7)19-8-10-20(28)11-9-19;3-1(4)2(5)6/h8-11,14-15,17,32H,12-13,16H2,1-7H3,(H,29,30);(H,3,4)(H,5,6). The highest BCUT2D eigenvalue weighted by molar-refractivity contribution is 6.27. The lowest BCUT2D eigenvalue weighted by Gasteiger charge is -2.28. The van der Waals surface area contributed by atoms with Gasteiger partial charge in [0.05, 0.1) is 18.5 Å². The third kappa shape index (κ3) is 8.54. The first-order chi connectivity index (χ1) is 18.1. The topological polar surface area (TPSA) is 134 Å². The van der Waals surface area contributed by atoms with Crippen LogP contribution < -0.4 is 5.32 Å². The molecule has 0 unspecified atom stereocenters. The van der Waals surface area contributed by atoms with Gasteiger partial charge in [0.1, 0.15) is 11.6 Å². The predicted molar refractivity (Wildman–Crippen MR) is 148 cm³/mol. The number of carboxylic acids is 2. The summed E-state index contributed by atoms with van der Waals surface area (Å²) in [4.78, 5) is 22.8. The summed E-state index contributed by atoms with van der Waals surface area (Å²) in [6, 6.07) is 10.6. The molecule has 0 aliphatic rings. The second kappa shape index (κ2) is 12.8. The van der Waals surface area contributed by atoms with Crippen molar-refractivity contribution in [2.45, 2.75) is 65.5 Å². The van der Waals surface area contributed by atoms with Crippen molar-refractivity contribution in [2.24, 2.45) is 0 Å². The molecule has 0 bridgehead atoms. The molecule has 3 aromatic rings. The summed E-state index contributed by atoms with van der Waals surface area (Å²) < 4.78 is 20.8. The monoisotopic (exact) mass is 543 g/mol. The first-order valence-electron chi connectivity index (χ1n) is 12.4. The van der Waals surface area contributed by atoms with Gasteiger partial charge in [0.2, 0.25) is 5.95 Å². The van der Waals surface area contributed by atoms with Crippen LogP contribution in [-0.4, -0.2) is 50.5 Å². The molecule has 39 heavy (non-hydrogen) atoms. The molecule has 0 amide bonds. The van der Waals surface area contributed by atoms with Gasteiger partial charge in [-0.3, -0.25) is 0 Å². The van der Waals surface area contributed by atoms with Crippen LogP contribution in [0.15, 0.2) is 42.6 Å². The number of nitrogens with one attached hydrogen (secondary N) is 1. The highest BCUT2D eigenvalue weighted by Crippen LogP contribution is 2.40. The van der Waals surface area contributed by atoms with Gasteiger partial charge in [-0.1, -0.05) is 41.5 Å². The summed E-state index contributed by atoms with van der Waals surface area (Å²) in [6.45, 7) is 14.4. The maximum absolute atomic E-state index is 13.4. The molecule has 10 heteroatoms. The molecule has 0 spiro atoms. The first-order valence-corrected chi connectivity index (χ1v) is 12.4. The van der Waals surface area contributed by atoms with Crippen molar-refractivity contribution in [1.82, 2.24) is 9.55 Å². The number of hydrogen-bond acceptors (Lipinski definition) is 6. The molecule has 0 saturated heterocycles. The van der Waals surface area contributed by atoms with E-state index in [1.807, 2.05) is 4.57 Å². The molecule has 0 radical (unpaired) electrons. The van der Waals surface area contributed by atoms with E-state index in [4.69, 9.17) is 24.5 Å². The molecule has 1 aromatic heterocycles. The fourth-order valence-electron chi connectivity index (χ4n) is 3.90. The van der Waals surface area contributed by atoms with Gasteiger partial charge in [-0.05, 0) is 63.9 Å². The number of anilines is 1. The molecule has 2 aromatic carbocycles. The van der Waals surface area contributed by atoms with Crippen LogP contribution in [0, 0.1) is 5.82 Å². The van der Waals surface area contributed by atoms with Crippen LogP contribution in [-0.2, 0) is 38.2 Å². The summed E-state index contributed by atoms with van der Waals surface area (Å²) >= 11 is 0. The van der Waals surface area contributed by atoms with Crippen molar-refractivity contribution in [3.05, 3.63) is 65.1 Å². The van der Waals surface area contributed by atoms with Gasteiger partial charge in [-0.25, -0.2) is 19.0 Å². The summed E-state index contributed by atoms with van der Waals surface area (Å²) in [5.41, 5.74) is 4.35. The second-order valence-corrected chi connectivity index (χ2v) is 11.1. The Bertz CT molecular complexity index is 1240. The number of phenols is 1. The molecule has 0 aliphatic heterocycles. The fourth-order valence-corrected chi connectivity index (χ4v) is 3.90. The van der Waals surface area contributed by atoms with Gasteiger partial charge in [0.25, 0.3) is 0 Å². The number of aromatic hydroxyl groups is 1. The van der Waals surface area contributed by atoms with E-state index in [1.165, 1.54) is 12.1 Å². The van der Waals surface area contributed by atoms with Crippen LogP contribution in [0.25, 0.3) is 11.3 Å². The lowest BCUT2D eigenvalue weighted by Crippen LogP contribution is -2.19. The van der Waals surface area contributed by atoms with E-state index in [0.717, 1.165) is 27.9 Å². The Labute approximate surface area is 228 Å². The molecule has 0 atom stereocenters. The number of carboxylic acid groups (broad SMARTS) is 2. The quantitative estimate of drug-likeness (QED) is 0.291. The third-order valence-corrected chi connectivity index (χ3v) is 5.93. The molecule has 0 aliphatic carbocycles.